The Kier molecular flexibility index (Phi) is 6.74. The molecule has 7 heteroatoms. The van der Waals surface area contributed by atoms with Gasteiger partial charge in [-0.1, -0.05) is 18.2 Å². The van der Waals surface area contributed by atoms with Crippen LogP contribution < -0.4 is 10.2 Å². The summed E-state index contributed by atoms with van der Waals surface area (Å²) < 4.78 is 5.44. The van der Waals surface area contributed by atoms with Gasteiger partial charge < -0.3 is 19.9 Å². The van der Waals surface area contributed by atoms with Gasteiger partial charge in [-0.25, -0.2) is 0 Å². The van der Waals surface area contributed by atoms with Crippen LogP contribution in [0.5, 0.6) is 0 Å². The van der Waals surface area contributed by atoms with Crippen LogP contribution in [0.3, 0.4) is 0 Å². The predicted molar refractivity (Wildman–Crippen MR) is 130 cm³/mol. The maximum atomic E-state index is 13.2. The Morgan fingerprint density at radius 1 is 1.12 bits per heavy atom. The number of carbonyl (C=O) groups is 2. The number of nitrogens with zero attached hydrogens (tertiary/aromatic N) is 2. The zero-order chi connectivity index (χ0) is 22.7. The minimum absolute atomic E-state index is 0.0140. The number of benzene rings is 2. The Bertz CT molecular complexity index is 1050. The maximum absolute atomic E-state index is 13.2. The van der Waals surface area contributed by atoms with Gasteiger partial charge in [0, 0.05) is 53.8 Å². The van der Waals surface area contributed by atoms with E-state index >= 15 is 0 Å². The second kappa shape index (κ2) is 9.69. The van der Waals surface area contributed by atoms with Crippen molar-refractivity contribution in [2.45, 2.75) is 26.8 Å². The summed E-state index contributed by atoms with van der Waals surface area (Å²) in [4.78, 5) is 30.0. The van der Waals surface area contributed by atoms with Crippen LogP contribution in [-0.4, -0.2) is 54.8 Å². The quantitative estimate of drug-likeness (QED) is 0.755. The Labute approximate surface area is 193 Å². The predicted octanol–water partition coefficient (Wildman–Crippen LogP) is 4.20. The number of carbonyl (C=O) groups excluding carboxylic acids is 2. The smallest absolute Gasteiger partial charge is 0.291 e. The van der Waals surface area contributed by atoms with Crippen LogP contribution in [0, 0.1) is 13.8 Å². The van der Waals surface area contributed by atoms with Crippen LogP contribution in [-0.2, 0) is 9.53 Å². The fraction of sp³-hybridized carbons (Fsp3) is 0.360. The zero-order valence-corrected chi connectivity index (χ0v) is 19.6. The Morgan fingerprint density at radius 3 is 2.69 bits per heavy atom. The first-order chi connectivity index (χ1) is 15.4. The summed E-state index contributed by atoms with van der Waals surface area (Å²) in [6, 6.07) is 14.2. The first-order valence-corrected chi connectivity index (χ1v) is 12.0. The van der Waals surface area contributed by atoms with Crippen LogP contribution in [0.15, 0.2) is 53.6 Å². The van der Waals surface area contributed by atoms with Gasteiger partial charge in [0.1, 0.15) is 0 Å². The van der Waals surface area contributed by atoms with Crippen LogP contribution in [0.4, 0.5) is 11.4 Å². The van der Waals surface area contributed by atoms with E-state index in [4.69, 9.17) is 4.74 Å². The summed E-state index contributed by atoms with van der Waals surface area (Å²) in [7, 11) is 0. The molecular formula is C25H29N3O3S. The third-order valence-electron chi connectivity index (χ3n) is 5.85. The lowest BCUT2D eigenvalue weighted by atomic mass is 10.1. The second-order valence-corrected chi connectivity index (χ2v) is 9.30. The van der Waals surface area contributed by atoms with E-state index in [1.54, 1.807) is 23.2 Å². The van der Waals surface area contributed by atoms with Crippen molar-refractivity contribution in [2.75, 3.05) is 42.2 Å². The van der Waals surface area contributed by atoms with Gasteiger partial charge in [0.25, 0.3) is 11.8 Å². The summed E-state index contributed by atoms with van der Waals surface area (Å²) in [5.74, 6) is 0.860. The number of piperazine rings is 1. The number of thioether (sulfide) groups is 1. The molecule has 32 heavy (non-hydrogen) atoms. The SMILES string of the molecule is Cc1cccc(N2CCN(C(=O)c3ccc(C)c(NC(=O)C4=CSCCO4)c3)C[C@H]2C)c1. The molecule has 2 heterocycles. The first kappa shape index (κ1) is 22.3. The molecule has 0 unspecified atom stereocenters. The van der Waals surface area contributed by atoms with Gasteiger partial charge in [0.15, 0.2) is 5.76 Å². The third kappa shape index (κ3) is 4.93. The van der Waals surface area contributed by atoms with E-state index in [0.717, 1.165) is 17.9 Å². The number of aryl methyl sites for hydroxylation is 2. The Balaban J connectivity index is 1.45. The summed E-state index contributed by atoms with van der Waals surface area (Å²) in [6.45, 7) is 8.78. The highest BCUT2D eigenvalue weighted by Crippen LogP contribution is 2.24. The largest absolute Gasteiger partial charge is 0.487 e. The molecule has 1 atom stereocenters. The molecule has 2 aliphatic rings. The minimum Gasteiger partial charge on any atom is -0.487 e. The Morgan fingerprint density at radius 2 is 1.97 bits per heavy atom. The van der Waals surface area contributed by atoms with Gasteiger partial charge in [-0.3, -0.25) is 9.59 Å². The van der Waals surface area contributed by atoms with Crippen molar-refractivity contribution in [1.82, 2.24) is 4.90 Å². The van der Waals surface area contributed by atoms with Crippen LogP contribution in [0.1, 0.15) is 28.4 Å². The number of anilines is 2. The normalized spacial score (nSPS) is 18.6. The number of amides is 2. The van der Waals surface area contributed by atoms with E-state index in [1.807, 2.05) is 24.0 Å². The molecular weight excluding hydrogens is 422 g/mol. The molecule has 0 saturated carbocycles. The molecule has 1 fully saturated rings. The third-order valence-corrected chi connectivity index (χ3v) is 6.64. The molecule has 1 saturated heterocycles. The molecule has 0 aromatic heterocycles. The lowest BCUT2D eigenvalue weighted by molar-refractivity contribution is -0.116. The number of nitrogens with one attached hydrogen (secondary N) is 1. The molecule has 0 radical (unpaired) electrons. The van der Waals surface area contributed by atoms with Crippen molar-refractivity contribution in [3.05, 3.63) is 70.3 Å². The van der Waals surface area contributed by atoms with Gasteiger partial charge in [0.05, 0.1) is 6.61 Å². The summed E-state index contributed by atoms with van der Waals surface area (Å²) in [6.07, 6.45) is 0. The standard InChI is InChI=1S/C25H29N3O3S/c1-17-5-4-6-21(13-17)28-10-9-27(15-19(28)3)25(30)20-8-7-18(2)22(14-20)26-24(29)23-16-32-12-11-31-23/h4-8,13-14,16,19H,9-12,15H2,1-3H3,(H,26,29)/t19-/m1/s1. The number of hydrogen-bond acceptors (Lipinski definition) is 5. The topological polar surface area (TPSA) is 61.9 Å². The molecule has 0 aliphatic carbocycles. The molecule has 2 aromatic rings. The van der Waals surface area contributed by atoms with Gasteiger partial charge in [-0.05, 0) is 56.2 Å². The Hall–Kier alpha value is -2.93. The number of hydrogen-bond donors (Lipinski definition) is 1. The van der Waals surface area contributed by atoms with E-state index in [9.17, 15) is 9.59 Å². The summed E-state index contributed by atoms with van der Waals surface area (Å²) in [5.41, 5.74) is 4.54. The van der Waals surface area contributed by atoms with Crippen molar-refractivity contribution in [1.29, 1.82) is 0 Å². The molecule has 2 aromatic carbocycles. The molecule has 0 bridgehead atoms. The molecule has 168 valence electrons. The number of ether oxygens (including phenoxy) is 1. The zero-order valence-electron chi connectivity index (χ0n) is 18.8. The van der Waals surface area contributed by atoms with Gasteiger partial charge in [-0.15, -0.1) is 11.8 Å². The van der Waals surface area contributed by atoms with Crippen molar-refractivity contribution < 1.29 is 14.3 Å². The fourth-order valence-electron chi connectivity index (χ4n) is 4.08. The van der Waals surface area contributed by atoms with E-state index < -0.39 is 0 Å². The lowest BCUT2D eigenvalue weighted by Gasteiger charge is -2.41. The van der Waals surface area contributed by atoms with Gasteiger partial charge in [0.2, 0.25) is 0 Å². The highest BCUT2D eigenvalue weighted by molar-refractivity contribution is 8.02. The van der Waals surface area contributed by atoms with Crippen LogP contribution in [0.2, 0.25) is 0 Å². The van der Waals surface area contributed by atoms with E-state index in [2.05, 4.69) is 48.3 Å². The van der Waals surface area contributed by atoms with Crippen LogP contribution >= 0.6 is 11.8 Å². The van der Waals surface area contributed by atoms with E-state index in [0.29, 0.717) is 36.7 Å². The minimum atomic E-state index is -0.287. The molecule has 0 spiro atoms. The van der Waals surface area contributed by atoms with Gasteiger partial charge >= 0.3 is 0 Å². The van der Waals surface area contributed by atoms with E-state index in [-0.39, 0.29) is 17.9 Å². The van der Waals surface area contributed by atoms with E-state index in [1.165, 1.54) is 11.3 Å². The molecule has 2 amide bonds. The van der Waals surface area contributed by atoms with Crippen molar-refractivity contribution >= 4 is 35.0 Å². The molecule has 6 nitrogen and oxygen atoms in total. The van der Waals surface area contributed by atoms with Crippen LogP contribution in [0.25, 0.3) is 0 Å². The summed E-state index contributed by atoms with van der Waals surface area (Å²) >= 11 is 1.56. The fourth-order valence-corrected chi connectivity index (χ4v) is 4.70. The lowest BCUT2D eigenvalue weighted by Crippen LogP contribution is -2.53. The summed E-state index contributed by atoms with van der Waals surface area (Å²) in [5, 5.41) is 4.63. The van der Waals surface area contributed by atoms with Crippen molar-refractivity contribution in [3.8, 4) is 0 Å². The molecule has 2 aliphatic heterocycles. The molecule has 4 rings (SSSR count). The van der Waals surface area contributed by atoms with Gasteiger partial charge in [-0.2, -0.15) is 0 Å². The first-order valence-electron chi connectivity index (χ1n) is 10.9. The average Bonchev–Trinajstić information content (AvgIpc) is 2.80. The highest BCUT2D eigenvalue weighted by Gasteiger charge is 2.28. The maximum Gasteiger partial charge on any atom is 0.291 e. The van der Waals surface area contributed by atoms with Crippen molar-refractivity contribution in [2.24, 2.45) is 0 Å². The van der Waals surface area contributed by atoms with Crippen molar-refractivity contribution in [3.63, 3.8) is 0 Å². The highest BCUT2D eigenvalue weighted by atomic mass is 32.2. The monoisotopic (exact) mass is 451 g/mol. The number of rotatable bonds is 4. The average molecular weight is 452 g/mol. The molecule has 1 N–H and O–H groups in total. The second-order valence-electron chi connectivity index (χ2n) is 8.32.